The number of benzene rings is 2. The number of esters is 1. The number of amides is 1. The van der Waals surface area contributed by atoms with Gasteiger partial charge in [0.25, 0.3) is 5.91 Å². The summed E-state index contributed by atoms with van der Waals surface area (Å²) < 4.78 is 11.0. The predicted molar refractivity (Wildman–Crippen MR) is 99.1 cm³/mol. The van der Waals surface area contributed by atoms with E-state index in [-0.39, 0.29) is 5.91 Å². The molecular formula is C18H14ClNO4S. The van der Waals surface area contributed by atoms with Crippen LogP contribution in [0.2, 0.25) is 5.02 Å². The third-order valence-corrected chi connectivity index (χ3v) is 4.97. The molecule has 1 heterocycles. The van der Waals surface area contributed by atoms with Gasteiger partial charge < -0.3 is 14.8 Å². The maximum atomic E-state index is 12.3. The van der Waals surface area contributed by atoms with Crippen molar-refractivity contribution in [1.82, 2.24) is 0 Å². The third kappa shape index (κ3) is 3.45. The maximum absolute atomic E-state index is 12.3. The first-order valence-corrected chi connectivity index (χ1v) is 8.48. The Kier molecular flexibility index (Phi) is 4.92. The van der Waals surface area contributed by atoms with E-state index in [0.717, 1.165) is 10.1 Å². The van der Waals surface area contributed by atoms with E-state index >= 15 is 0 Å². The Hall–Kier alpha value is -2.57. The van der Waals surface area contributed by atoms with Crippen molar-refractivity contribution in [3.63, 3.8) is 0 Å². The van der Waals surface area contributed by atoms with Crippen molar-refractivity contribution >= 4 is 50.6 Å². The molecule has 3 rings (SSSR count). The van der Waals surface area contributed by atoms with Crippen LogP contribution in [0.1, 0.15) is 20.0 Å². The number of hydrogen-bond acceptors (Lipinski definition) is 5. The van der Waals surface area contributed by atoms with Crippen molar-refractivity contribution in [2.24, 2.45) is 0 Å². The van der Waals surface area contributed by atoms with Crippen molar-refractivity contribution in [3.05, 3.63) is 57.9 Å². The normalized spacial score (nSPS) is 10.5. The van der Waals surface area contributed by atoms with Gasteiger partial charge in [-0.2, -0.15) is 0 Å². The van der Waals surface area contributed by atoms with Gasteiger partial charge in [-0.15, -0.1) is 11.3 Å². The first-order chi connectivity index (χ1) is 12.0. The number of thiophene rings is 1. The van der Waals surface area contributed by atoms with E-state index in [2.05, 4.69) is 5.32 Å². The van der Waals surface area contributed by atoms with Gasteiger partial charge in [0.15, 0.2) is 10.6 Å². The van der Waals surface area contributed by atoms with Crippen LogP contribution in [0.15, 0.2) is 42.5 Å². The molecule has 0 aliphatic heterocycles. The van der Waals surface area contributed by atoms with Crippen LogP contribution in [-0.4, -0.2) is 26.1 Å². The van der Waals surface area contributed by atoms with Gasteiger partial charge in [-0.3, -0.25) is 4.79 Å². The quantitative estimate of drug-likeness (QED) is 0.677. The molecule has 0 radical (unpaired) electrons. The third-order valence-electron chi connectivity index (χ3n) is 3.58. The first kappa shape index (κ1) is 17.3. The zero-order chi connectivity index (χ0) is 18.0. The molecule has 0 spiro atoms. The first-order valence-electron chi connectivity index (χ1n) is 7.29. The summed E-state index contributed by atoms with van der Waals surface area (Å²) in [5.74, 6) is -0.266. The smallest absolute Gasteiger partial charge is 0.351 e. The van der Waals surface area contributed by atoms with Crippen molar-refractivity contribution in [2.75, 3.05) is 19.5 Å². The average molecular weight is 376 g/mol. The lowest BCUT2D eigenvalue weighted by Crippen LogP contribution is -2.11. The highest BCUT2D eigenvalue weighted by atomic mass is 35.5. The molecule has 7 heteroatoms. The summed E-state index contributed by atoms with van der Waals surface area (Å²) in [6.07, 6.45) is 0. The second kappa shape index (κ2) is 7.13. The number of rotatable bonds is 4. The lowest BCUT2D eigenvalue weighted by atomic mass is 10.2. The van der Waals surface area contributed by atoms with Crippen LogP contribution in [0.3, 0.4) is 0 Å². The van der Waals surface area contributed by atoms with Crippen LogP contribution in [0, 0.1) is 0 Å². The monoisotopic (exact) mass is 375 g/mol. The summed E-state index contributed by atoms with van der Waals surface area (Å²) in [7, 11) is 2.82. The van der Waals surface area contributed by atoms with Crippen LogP contribution < -0.4 is 10.1 Å². The van der Waals surface area contributed by atoms with Gasteiger partial charge in [0.05, 0.1) is 14.2 Å². The number of carbonyl (C=O) groups excluding carboxylic acids is 2. The highest BCUT2D eigenvalue weighted by molar-refractivity contribution is 7.21. The molecule has 0 aliphatic carbocycles. The molecule has 0 aliphatic rings. The molecule has 1 N–H and O–H groups in total. The van der Waals surface area contributed by atoms with Gasteiger partial charge in [-0.05, 0) is 42.5 Å². The number of carbonyl (C=O) groups is 2. The summed E-state index contributed by atoms with van der Waals surface area (Å²) in [5, 5.41) is 4.13. The van der Waals surface area contributed by atoms with Crippen LogP contribution in [0.25, 0.3) is 10.1 Å². The lowest BCUT2D eigenvalue weighted by molar-refractivity contribution is 0.0603. The van der Waals surface area contributed by atoms with E-state index in [4.69, 9.17) is 21.1 Å². The molecule has 0 unspecified atom stereocenters. The maximum Gasteiger partial charge on any atom is 0.351 e. The van der Waals surface area contributed by atoms with Crippen LogP contribution >= 0.6 is 22.9 Å². The van der Waals surface area contributed by atoms with Crippen LogP contribution in [0.5, 0.6) is 5.75 Å². The van der Waals surface area contributed by atoms with Crippen molar-refractivity contribution in [1.29, 1.82) is 0 Å². The minimum atomic E-state index is -0.454. The highest BCUT2D eigenvalue weighted by Crippen LogP contribution is 2.39. The fourth-order valence-corrected chi connectivity index (χ4v) is 3.58. The van der Waals surface area contributed by atoms with Gasteiger partial charge in [-0.1, -0.05) is 11.6 Å². The SMILES string of the molecule is COC(=O)c1sc2ccc(NC(=O)c3ccc(Cl)cc3)cc2c1OC. The van der Waals surface area contributed by atoms with Crippen molar-refractivity contribution in [2.45, 2.75) is 0 Å². The summed E-state index contributed by atoms with van der Waals surface area (Å²) >= 11 is 7.11. The molecule has 2 aromatic carbocycles. The number of hydrogen-bond donors (Lipinski definition) is 1. The Morgan fingerprint density at radius 3 is 2.44 bits per heavy atom. The lowest BCUT2D eigenvalue weighted by Gasteiger charge is -2.06. The fourth-order valence-electron chi connectivity index (χ4n) is 2.39. The summed E-state index contributed by atoms with van der Waals surface area (Å²) in [5.41, 5.74) is 1.09. The molecule has 25 heavy (non-hydrogen) atoms. The predicted octanol–water partition coefficient (Wildman–Crippen LogP) is 4.60. The van der Waals surface area contributed by atoms with Gasteiger partial charge in [0, 0.05) is 26.4 Å². The molecule has 0 fully saturated rings. The number of halogens is 1. The second-order valence-electron chi connectivity index (χ2n) is 5.13. The Morgan fingerprint density at radius 2 is 1.80 bits per heavy atom. The minimum Gasteiger partial charge on any atom is -0.494 e. The molecule has 0 saturated carbocycles. The molecular weight excluding hydrogens is 362 g/mol. The summed E-state index contributed by atoms with van der Waals surface area (Å²) in [6, 6.07) is 12.0. The number of ether oxygens (including phenoxy) is 2. The number of methoxy groups -OCH3 is 2. The molecule has 5 nitrogen and oxygen atoms in total. The zero-order valence-corrected chi connectivity index (χ0v) is 15.0. The Balaban J connectivity index is 1.94. The number of fused-ring (bicyclic) bond motifs is 1. The molecule has 0 atom stereocenters. The van der Waals surface area contributed by atoms with Crippen molar-refractivity contribution in [3.8, 4) is 5.75 Å². The molecule has 0 saturated heterocycles. The number of nitrogens with one attached hydrogen (secondary N) is 1. The van der Waals surface area contributed by atoms with Gasteiger partial charge in [0.1, 0.15) is 0 Å². The second-order valence-corrected chi connectivity index (χ2v) is 6.62. The van der Waals surface area contributed by atoms with Gasteiger partial charge >= 0.3 is 5.97 Å². The minimum absolute atomic E-state index is 0.251. The largest absolute Gasteiger partial charge is 0.494 e. The molecule has 128 valence electrons. The van der Waals surface area contributed by atoms with E-state index in [1.54, 1.807) is 36.4 Å². The molecule has 3 aromatic rings. The molecule has 1 amide bonds. The van der Waals surface area contributed by atoms with E-state index < -0.39 is 5.97 Å². The Morgan fingerprint density at radius 1 is 1.08 bits per heavy atom. The Bertz CT molecular complexity index is 950. The van der Waals surface area contributed by atoms with E-state index in [1.807, 2.05) is 6.07 Å². The van der Waals surface area contributed by atoms with E-state index in [9.17, 15) is 9.59 Å². The van der Waals surface area contributed by atoms with Crippen LogP contribution in [-0.2, 0) is 4.74 Å². The topological polar surface area (TPSA) is 64.6 Å². The van der Waals surface area contributed by atoms with Crippen LogP contribution in [0.4, 0.5) is 5.69 Å². The standard InChI is InChI=1S/C18H14ClNO4S/c1-23-15-13-9-12(7-8-14(13)25-16(15)18(22)24-2)20-17(21)10-3-5-11(19)6-4-10/h3-9H,1-2H3,(H,20,21). The summed E-state index contributed by atoms with van der Waals surface area (Å²) in [4.78, 5) is 24.6. The molecule has 1 aromatic heterocycles. The highest BCUT2D eigenvalue weighted by Gasteiger charge is 2.20. The van der Waals surface area contributed by atoms with E-state index in [0.29, 0.717) is 26.9 Å². The number of anilines is 1. The van der Waals surface area contributed by atoms with Gasteiger partial charge in [-0.25, -0.2) is 4.79 Å². The summed E-state index contributed by atoms with van der Waals surface area (Å²) in [6.45, 7) is 0. The van der Waals surface area contributed by atoms with Crippen molar-refractivity contribution < 1.29 is 19.1 Å². The fraction of sp³-hybridized carbons (Fsp3) is 0.111. The average Bonchev–Trinajstić information content (AvgIpc) is 2.99. The van der Waals surface area contributed by atoms with E-state index in [1.165, 1.54) is 25.6 Å². The zero-order valence-electron chi connectivity index (χ0n) is 13.5. The van der Waals surface area contributed by atoms with Gasteiger partial charge in [0.2, 0.25) is 0 Å². The Labute approximate surface area is 153 Å². The molecule has 0 bridgehead atoms.